The van der Waals surface area contributed by atoms with Gasteiger partial charge in [-0.25, -0.2) is 13.9 Å². The first-order valence-corrected chi connectivity index (χ1v) is 9.96. The maximum Gasteiger partial charge on any atom is 0.282 e. The van der Waals surface area contributed by atoms with Crippen LogP contribution in [0.4, 0.5) is 0 Å². The molecule has 0 aliphatic carbocycles. The largest absolute Gasteiger partial charge is 0.497 e. The highest BCUT2D eigenvalue weighted by molar-refractivity contribution is 7.89. The zero-order valence-electron chi connectivity index (χ0n) is 15.4. The van der Waals surface area contributed by atoms with Crippen LogP contribution in [0.25, 0.3) is 0 Å². The van der Waals surface area contributed by atoms with Gasteiger partial charge < -0.3 is 14.8 Å². The Hall–Kier alpha value is -3.15. The summed E-state index contributed by atoms with van der Waals surface area (Å²) in [7, 11) is -2.56. The summed E-state index contributed by atoms with van der Waals surface area (Å²) in [6.45, 7) is -0.198. The first kappa shape index (κ1) is 20.6. The fourth-order valence-electron chi connectivity index (χ4n) is 2.75. The van der Waals surface area contributed by atoms with Crippen LogP contribution in [0.3, 0.4) is 0 Å². The Balaban J connectivity index is 1.79. The third-order valence-corrected chi connectivity index (χ3v) is 6.11. The molecule has 1 unspecified atom stereocenters. The molecule has 10 nitrogen and oxygen atoms in total. The van der Waals surface area contributed by atoms with Crippen LogP contribution in [-0.2, 0) is 19.6 Å². The Labute approximate surface area is 167 Å². The monoisotopic (exact) mass is 421 g/mol. The molecule has 154 valence electrons. The zero-order chi connectivity index (χ0) is 21.0. The third-order valence-electron chi connectivity index (χ3n) is 4.23. The topological polar surface area (TPSA) is 134 Å². The van der Waals surface area contributed by atoms with Crippen molar-refractivity contribution in [3.63, 3.8) is 0 Å². The predicted molar refractivity (Wildman–Crippen MR) is 99.9 cm³/mol. The van der Waals surface area contributed by atoms with E-state index in [4.69, 9.17) is 14.7 Å². The summed E-state index contributed by atoms with van der Waals surface area (Å²) in [5, 5.41) is 11.1. The molecule has 2 aromatic rings. The van der Waals surface area contributed by atoms with Crippen LogP contribution in [0.2, 0.25) is 0 Å². The van der Waals surface area contributed by atoms with Gasteiger partial charge in [-0.3, -0.25) is 14.8 Å². The number of hydroxylamine groups is 1. The van der Waals surface area contributed by atoms with E-state index in [2.05, 4.69) is 5.32 Å². The molecule has 1 heterocycles. The number of sulfonamides is 1. The van der Waals surface area contributed by atoms with Crippen molar-refractivity contribution in [2.24, 2.45) is 0 Å². The number of amides is 2. The fraction of sp³-hybridized carbons (Fsp3) is 0.222. The quantitative estimate of drug-likeness (QED) is 0.464. The molecule has 0 spiro atoms. The molecule has 0 aromatic heterocycles. The average Bonchev–Trinajstić information content (AvgIpc) is 2.74. The number of nitrogens with one attached hydrogen (secondary N) is 2. The van der Waals surface area contributed by atoms with E-state index in [-0.39, 0.29) is 17.9 Å². The van der Waals surface area contributed by atoms with Crippen molar-refractivity contribution in [3.8, 4) is 17.2 Å². The van der Waals surface area contributed by atoms with Gasteiger partial charge in [0.1, 0.15) is 17.2 Å². The second-order valence-corrected chi connectivity index (χ2v) is 7.95. The lowest BCUT2D eigenvalue weighted by Gasteiger charge is -2.33. The minimum atomic E-state index is -4.11. The summed E-state index contributed by atoms with van der Waals surface area (Å²) in [4.78, 5) is 23.2. The van der Waals surface area contributed by atoms with Gasteiger partial charge >= 0.3 is 0 Å². The fourth-order valence-corrected chi connectivity index (χ4v) is 4.26. The molecule has 29 heavy (non-hydrogen) atoms. The summed E-state index contributed by atoms with van der Waals surface area (Å²) >= 11 is 0. The van der Waals surface area contributed by atoms with E-state index in [0.717, 1.165) is 4.31 Å². The number of rotatable bonds is 6. The first-order valence-electron chi connectivity index (χ1n) is 8.52. The molecule has 1 fully saturated rings. The van der Waals surface area contributed by atoms with Gasteiger partial charge in [-0.1, -0.05) is 0 Å². The van der Waals surface area contributed by atoms with E-state index in [1.54, 1.807) is 31.4 Å². The highest BCUT2D eigenvalue weighted by Crippen LogP contribution is 2.27. The van der Waals surface area contributed by atoms with Crippen molar-refractivity contribution < 1.29 is 32.7 Å². The highest BCUT2D eigenvalue weighted by atomic mass is 32.2. The average molecular weight is 421 g/mol. The van der Waals surface area contributed by atoms with Crippen molar-refractivity contribution in [3.05, 3.63) is 48.5 Å². The molecule has 11 heteroatoms. The van der Waals surface area contributed by atoms with E-state index in [1.807, 2.05) is 0 Å². The normalized spacial score (nSPS) is 17.3. The van der Waals surface area contributed by atoms with E-state index in [1.165, 1.54) is 29.7 Å². The summed E-state index contributed by atoms with van der Waals surface area (Å²) in [5.74, 6) is 0.0776. The molecule has 1 atom stereocenters. The lowest BCUT2D eigenvalue weighted by atomic mass is 10.3. The molecular weight excluding hydrogens is 402 g/mol. The van der Waals surface area contributed by atoms with E-state index >= 15 is 0 Å². The van der Waals surface area contributed by atoms with E-state index in [9.17, 15) is 18.0 Å². The van der Waals surface area contributed by atoms with Crippen molar-refractivity contribution in [1.29, 1.82) is 0 Å². The number of methoxy groups -OCH3 is 1. The van der Waals surface area contributed by atoms with E-state index < -0.39 is 28.0 Å². The SMILES string of the molecule is COc1ccc(Oc2ccc(S(=O)(=O)N3CCC(=O)NC3C(=O)NO)cc2)cc1. The van der Waals surface area contributed by atoms with Gasteiger partial charge in [-0.15, -0.1) is 0 Å². The molecule has 3 N–H and O–H groups in total. The van der Waals surface area contributed by atoms with Gasteiger partial charge in [0.2, 0.25) is 15.9 Å². The van der Waals surface area contributed by atoms with Crippen LogP contribution in [0.5, 0.6) is 17.2 Å². The lowest BCUT2D eigenvalue weighted by molar-refractivity contribution is -0.140. The molecule has 2 aromatic carbocycles. The summed E-state index contributed by atoms with van der Waals surface area (Å²) in [6, 6.07) is 12.5. The smallest absolute Gasteiger partial charge is 0.282 e. The Morgan fingerprint density at radius 3 is 2.21 bits per heavy atom. The van der Waals surface area contributed by atoms with Gasteiger partial charge in [-0.05, 0) is 48.5 Å². The molecule has 3 rings (SSSR count). The second kappa shape index (κ2) is 8.47. The Kier molecular flexibility index (Phi) is 6.01. The van der Waals surface area contributed by atoms with Crippen LogP contribution in [0.1, 0.15) is 6.42 Å². The van der Waals surface area contributed by atoms with Crippen LogP contribution in [0, 0.1) is 0 Å². The molecule has 2 amide bonds. The molecule has 1 saturated heterocycles. The van der Waals surface area contributed by atoms with Crippen molar-refractivity contribution in [2.75, 3.05) is 13.7 Å². The molecule has 0 saturated carbocycles. The van der Waals surface area contributed by atoms with Gasteiger partial charge in [-0.2, -0.15) is 4.31 Å². The molecule has 1 aliphatic heterocycles. The number of hydrogen-bond acceptors (Lipinski definition) is 7. The minimum absolute atomic E-state index is 0.0912. The summed E-state index contributed by atoms with van der Waals surface area (Å²) in [5.41, 5.74) is 1.36. The number of hydrogen-bond donors (Lipinski definition) is 3. The van der Waals surface area contributed by atoms with Gasteiger partial charge in [0.15, 0.2) is 6.17 Å². The number of carbonyl (C=O) groups excluding carboxylic acids is 2. The van der Waals surface area contributed by atoms with Gasteiger partial charge in [0, 0.05) is 13.0 Å². The molecule has 1 aliphatic rings. The second-order valence-electron chi connectivity index (χ2n) is 6.06. The molecular formula is C18H19N3O7S. The zero-order valence-corrected chi connectivity index (χ0v) is 16.2. The van der Waals surface area contributed by atoms with Crippen LogP contribution in [0.15, 0.2) is 53.4 Å². The Morgan fingerprint density at radius 2 is 1.66 bits per heavy atom. The molecule has 0 bridgehead atoms. The number of ether oxygens (including phenoxy) is 2. The molecule has 0 radical (unpaired) electrons. The predicted octanol–water partition coefficient (Wildman–Crippen LogP) is 0.830. The van der Waals surface area contributed by atoms with Crippen LogP contribution in [-0.4, -0.2) is 49.6 Å². The van der Waals surface area contributed by atoms with Gasteiger partial charge in [0.05, 0.1) is 12.0 Å². The summed E-state index contributed by atoms with van der Waals surface area (Å²) < 4.78 is 37.4. The maximum absolute atomic E-state index is 12.9. The lowest BCUT2D eigenvalue weighted by Crippen LogP contribution is -2.61. The maximum atomic E-state index is 12.9. The van der Waals surface area contributed by atoms with Crippen molar-refractivity contribution in [2.45, 2.75) is 17.5 Å². The number of carbonyl (C=O) groups is 2. The summed E-state index contributed by atoms with van der Waals surface area (Å²) in [6.07, 6.45) is -1.64. The van der Waals surface area contributed by atoms with Crippen LogP contribution >= 0.6 is 0 Å². The van der Waals surface area contributed by atoms with Gasteiger partial charge in [0.25, 0.3) is 5.91 Å². The Morgan fingerprint density at radius 1 is 1.10 bits per heavy atom. The Bertz CT molecular complexity index is 991. The van der Waals surface area contributed by atoms with Crippen molar-refractivity contribution >= 4 is 21.8 Å². The van der Waals surface area contributed by atoms with Crippen LogP contribution < -0.4 is 20.3 Å². The van der Waals surface area contributed by atoms with E-state index in [0.29, 0.717) is 17.2 Å². The minimum Gasteiger partial charge on any atom is -0.497 e. The number of benzene rings is 2. The number of nitrogens with zero attached hydrogens (tertiary/aromatic N) is 1. The third kappa shape index (κ3) is 4.47. The standard InChI is InChI=1S/C18H19N3O7S/c1-27-12-2-4-13(5-3-12)28-14-6-8-15(9-7-14)29(25,26)21-11-10-16(22)19-17(21)18(23)20-24/h2-9,17,24H,10-11H2,1H3,(H,19,22)(H,20,23). The van der Waals surface area contributed by atoms with Crippen molar-refractivity contribution in [1.82, 2.24) is 15.1 Å². The highest BCUT2D eigenvalue weighted by Gasteiger charge is 2.40. The first-order chi connectivity index (χ1) is 13.8.